The number of fused-ring (bicyclic) bond motifs is 1. The number of piperidine rings is 1. The molecule has 0 aliphatic carbocycles. The van der Waals surface area contributed by atoms with Crippen LogP contribution in [0.5, 0.6) is 5.88 Å². The number of likely N-dealkylation sites (tertiary alicyclic amines) is 1. The molecule has 4 heterocycles. The van der Waals surface area contributed by atoms with Crippen LogP contribution in [0.3, 0.4) is 0 Å². The van der Waals surface area contributed by atoms with Crippen LogP contribution in [-0.4, -0.2) is 62.9 Å². The molecule has 0 amide bonds. The number of hydrogen-bond acceptors (Lipinski definition) is 6. The van der Waals surface area contributed by atoms with Gasteiger partial charge < -0.3 is 19.1 Å². The van der Waals surface area contributed by atoms with Crippen molar-refractivity contribution in [2.24, 2.45) is 0 Å². The van der Waals surface area contributed by atoms with Crippen molar-refractivity contribution in [3.8, 4) is 5.88 Å². The van der Waals surface area contributed by atoms with Crippen LogP contribution in [0.15, 0.2) is 36.4 Å². The summed E-state index contributed by atoms with van der Waals surface area (Å²) in [6.07, 6.45) is 3.27. The Morgan fingerprint density at radius 2 is 2.00 bits per heavy atom. The first-order valence-corrected chi connectivity index (χ1v) is 11.8. The standard InChI is InChI=1S/C25H30N4O4/c1-2-32-24-5-3-4-20(27-24)17-8-11-28(12-9-17)16-23-26-21-7-6-18(25(30)31)14-22(21)29(23)15-19-10-13-33-19/h3-7,14,17,19H,2,8-13,15-16H2,1H3,(H,30,31)/t19-/m0/s1. The average Bonchev–Trinajstić information content (AvgIpc) is 3.13. The molecule has 174 valence electrons. The van der Waals surface area contributed by atoms with Crippen molar-refractivity contribution in [3.63, 3.8) is 0 Å². The van der Waals surface area contributed by atoms with E-state index < -0.39 is 5.97 Å². The SMILES string of the molecule is CCOc1cccc(C2CCN(Cc3nc4ccc(C(=O)O)cc4n3C[C@@H]3CCO3)CC2)n1. The highest BCUT2D eigenvalue weighted by Gasteiger charge is 2.26. The monoisotopic (exact) mass is 450 g/mol. The Labute approximate surface area is 193 Å². The van der Waals surface area contributed by atoms with Gasteiger partial charge >= 0.3 is 5.97 Å². The zero-order valence-corrected chi connectivity index (χ0v) is 18.9. The lowest BCUT2D eigenvalue weighted by atomic mass is 9.93. The maximum atomic E-state index is 11.5. The van der Waals surface area contributed by atoms with Crippen molar-refractivity contribution in [2.45, 2.75) is 51.3 Å². The van der Waals surface area contributed by atoms with E-state index in [9.17, 15) is 9.90 Å². The number of carboxylic acids is 1. The first kappa shape index (κ1) is 21.9. The molecule has 8 nitrogen and oxygen atoms in total. The van der Waals surface area contributed by atoms with Gasteiger partial charge in [-0.3, -0.25) is 4.90 Å². The Bertz CT molecular complexity index is 1130. The van der Waals surface area contributed by atoms with E-state index in [2.05, 4.69) is 15.5 Å². The van der Waals surface area contributed by atoms with Crippen molar-refractivity contribution in [2.75, 3.05) is 26.3 Å². The molecule has 2 fully saturated rings. The topological polar surface area (TPSA) is 89.7 Å². The molecule has 0 bridgehead atoms. The molecule has 33 heavy (non-hydrogen) atoms. The molecule has 1 atom stereocenters. The van der Waals surface area contributed by atoms with Gasteiger partial charge in [-0.2, -0.15) is 0 Å². The van der Waals surface area contributed by atoms with E-state index in [1.807, 2.05) is 25.1 Å². The smallest absolute Gasteiger partial charge is 0.335 e. The molecule has 1 N–H and O–H groups in total. The highest BCUT2D eigenvalue weighted by atomic mass is 16.5. The van der Waals surface area contributed by atoms with E-state index in [1.54, 1.807) is 12.1 Å². The van der Waals surface area contributed by atoms with Crippen LogP contribution < -0.4 is 4.74 Å². The van der Waals surface area contributed by atoms with E-state index in [0.29, 0.717) is 24.9 Å². The normalized spacial score (nSPS) is 19.5. The summed E-state index contributed by atoms with van der Waals surface area (Å²) in [6, 6.07) is 11.2. The van der Waals surface area contributed by atoms with Gasteiger partial charge in [-0.05, 0) is 63.5 Å². The zero-order chi connectivity index (χ0) is 22.8. The Morgan fingerprint density at radius 3 is 2.70 bits per heavy atom. The van der Waals surface area contributed by atoms with Gasteiger partial charge in [0.25, 0.3) is 0 Å². The highest BCUT2D eigenvalue weighted by molar-refractivity contribution is 5.92. The summed E-state index contributed by atoms with van der Waals surface area (Å²) in [5, 5.41) is 9.43. The first-order valence-electron chi connectivity index (χ1n) is 11.8. The number of carboxylic acid groups (broad SMARTS) is 1. The second-order valence-electron chi connectivity index (χ2n) is 8.81. The fourth-order valence-corrected chi connectivity index (χ4v) is 4.74. The van der Waals surface area contributed by atoms with Crippen molar-refractivity contribution >= 4 is 17.0 Å². The maximum absolute atomic E-state index is 11.5. The third-order valence-electron chi connectivity index (χ3n) is 6.66. The fourth-order valence-electron chi connectivity index (χ4n) is 4.74. The second-order valence-corrected chi connectivity index (χ2v) is 8.81. The van der Waals surface area contributed by atoms with E-state index in [-0.39, 0.29) is 11.7 Å². The summed E-state index contributed by atoms with van der Waals surface area (Å²) in [7, 11) is 0. The Hall–Kier alpha value is -2.97. The Balaban J connectivity index is 1.31. The van der Waals surface area contributed by atoms with Gasteiger partial charge in [-0.1, -0.05) is 6.07 Å². The third kappa shape index (κ3) is 4.72. The molecular formula is C25H30N4O4. The number of aromatic carboxylic acids is 1. The predicted molar refractivity (Wildman–Crippen MR) is 124 cm³/mol. The molecule has 0 spiro atoms. The predicted octanol–water partition coefficient (Wildman–Crippen LogP) is 3.70. The van der Waals surface area contributed by atoms with Gasteiger partial charge in [0, 0.05) is 24.3 Å². The molecule has 1 aromatic carbocycles. The van der Waals surface area contributed by atoms with Gasteiger partial charge in [0.15, 0.2) is 0 Å². The molecule has 0 unspecified atom stereocenters. The quantitative estimate of drug-likeness (QED) is 0.560. The highest BCUT2D eigenvalue weighted by Crippen LogP contribution is 2.29. The van der Waals surface area contributed by atoms with Crippen molar-refractivity contribution in [3.05, 3.63) is 53.5 Å². The van der Waals surface area contributed by atoms with Gasteiger partial charge in [0.2, 0.25) is 5.88 Å². The summed E-state index contributed by atoms with van der Waals surface area (Å²) in [6.45, 7) is 6.76. The first-order chi connectivity index (χ1) is 16.1. The minimum atomic E-state index is -0.921. The zero-order valence-electron chi connectivity index (χ0n) is 18.9. The van der Waals surface area contributed by atoms with E-state index in [1.165, 1.54) is 0 Å². The molecule has 8 heteroatoms. The van der Waals surface area contributed by atoms with Gasteiger partial charge in [0.1, 0.15) is 5.82 Å². The third-order valence-corrected chi connectivity index (χ3v) is 6.66. The number of hydrogen-bond donors (Lipinski definition) is 1. The lowest BCUT2D eigenvalue weighted by Crippen LogP contribution is -2.35. The fraction of sp³-hybridized carbons (Fsp3) is 0.480. The summed E-state index contributed by atoms with van der Waals surface area (Å²) >= 11 is 0. The van der Waals surface area contributed by atoms with Gasteiger partial charge in [0.05, 0.1) is 42.4 Å². The summed E-state index contributed by atoms with van der Waals surface area (Å²) in [5.74, 6) is 1.18. The minimum absolute atomic E-state index is 0.170. The second kappa shape index (κ2) is 9.49. The average molecular weight is 451 g/mol. The van der Waals surface area contributed by atoms with Crippen molar-refractivity contribution in [1.29, 1.82) is 0 Å². The largest absolute Gasteiger partial charge is 0.478 e. The van der Waals surface area contributed by atoms with Crippen LogP contribution in [0.25, 0.3) is 11.0 Å². The Kier molecular flexibility index (Phi) is 6.28. The van der Waals surface area contributed by atoms with Crippen LogP contribution in [0, 0.1) is 0 Å². The summed E-state index contributed by atoms with van der Waals surface area (Å²) in [5.41, 5.74) is 3.09. The number of pyridine rings is 1. The maximum Gasteiger partial charge on any atom is 0.335 e. The number of imidazole rings is 1. The molecule has 5 rings (SSSR count). The number of nitrogens with zero attached hydrogens (tertiary/aromatic N) is 4. The molecule has 2 aliphatic rings. The van der Waals surface area contributed by atoms with Gasteiger partial charge in [-0.15, -0.1) is 0 Å². The molecular weight excluding hydrogens is 420 g/mol. The van der Waals surface area contributed by atoms with Crippen molar-refractivity contribution < 1.29 is 19.4 Å². The van der Waals surface area contributed by atoms with E-state index in [0.717, 1.165) is 68.1 Å². The van der Waals surface area contributed by atoms with E-state index >= 15 is 0 Å². The molecule has 0 saturated carbocycles. The van der Waals surface area contributed by atoms with Crippen molar-refractivity contribution in [1.82, 2.24) is 19.4 Å². The lowest BCUT2D eigenvalue weighted by Gasteiger charge is -2.32. The number of aromatic nitrogens is 3. The van der Waals surface area contributed by atoms with Gasteiger partial charge in [-0.25, -0.2) is 14.8 Å². The van der Waals surface area contributed by atoms with E-state index in [4.69, 9.17) is 19.4 Å². The number of carbonyl (C=O) groups is 1. The molecule has 0 radical (unpaired) electrons. The number of ether oxygens (including phenoxy) is 2. The lowest BCUT2D eigenvalue weighted by molar-refractivity contribution is -0.0592. The van der Waals surface area contributed by atoms with Crippen LogP contribution in [0.1, 0.15) is 54.0 Å². The summed E-state index contributed by atoms with van der Waals surface area (Å²) in [4.78, 5) is 23.5. The van der Waals surface area contributed by atoms with Crippen LogP contribution in [0.4, 0.5) is 0 Å². The van der Waals surface area contributed by atoms with Crippen LogP contribution in [-0.2, 0) is 17.8 Å². The van der Waals surface area contributed by atoms with Crippen LogP contribution in [0.2, 0.25) is 0 Å². The number of benzene rings is 1. The molecule has 3 aromatic rings. The minimum Gasteiger partial charge on any atom is -0.478 e. The molecule has 2 aliphatic heterocycles. The Morgan fingerprint density at radius 1 is 1.18 bits per heavy atom. The molecule has 2 aromatic heterocycles. The molecule has 2 saturated heterocycles. The summed E-state index contributed by atoms with van der Waals surface area (Å²) < 4.78 is 13.4. The number of rotatable bonds is 8. The van der Waals surface area contributed by atoms with Crippen LogP contribution >= 0.6 is 0 Å².